The van der Waals surface area contributed by atoms with Crippen LogP contribution < -0.4 is 30.9 Å². The predicted molar refractivity (Wildman–Crippen MR) is 153 cm³/mol. The van der Waals surface area contributed by atoms with Crippen LogP contribution >= 0.6 is 11.8 Å². The van der Waals surface area contributed by atoms with Crippen molar-refractivity contribution < 1.29 is 19.1 Å². The van der Waals surface area contributed by atoms with Gasteiger partial charge in [0.2, 0.25) is 11.8 Å². The van der Waals surface area contributed by atoms with E-state index in [-0.39, 0.29) is 47.3 Å². The van der Waals surface area contributed by atoms with Crippen LogP contribution in [-0.4, -0.2) is 52.9 Å². The largest absolute Gasteiger partial charge is 0.439 e. The van der Waals surface area contributed by atoms with Crippen LogP contribution in [0.25, 0.3) is 0 Å². The van der Waals surface area contributed by atoms with Gasteiger partial charge in [0.1, 0.15) is 5.75 Å². The van der Waals surface area contributed by atoms with Crippen molar-refractivity contribution >= 4 is 35.3 Å². The van der Waals surface area contributed by atoms with Gasteiger partial charge in [0.15, 0.2) is 0 Å². The maximum atomic E-state index is 13.6. The average molecular weight is 563 g/mol. The summed E-state index contributed by atoms with van der Waals surface area (Å²) in [6.45, 7) is 4.46. The van der Waals surface area contributed by atoms with Gasteiger partial charge in [0, 0.05) is 36.2 Å². The number of amides is 4. The second kappa shape index (κ2) is 11.1. The predicted octanol–water partition coefficient (Wildman–Crippen LogP) is 3.54. The van der Waals surface area contributed by atoms with Crippen LogP contribution in [-0.2, 0) is 9.59 Å². The van der Waals surface area contributed by atoms with Crippen molar-refractivity contribution in [1.82, 2.24) is 26.3 Å². The molecule has 1 saturated carbocycles. The molecule has 0 spiro atoms. The normalized spacial score (nSPS) is 27.2. The van der Waals surface area contributed by atoms with E-state index < -0.39 is 0 Å². The Morgan fingerprint density at radius 1 is 1.10 bits per heavy atom. The third kappa shape index (κ3) is 5.15. The SMILES string of the molecule is CCC(=O)N[C@H]1CC[C@H](NC(=O)C2=C3NC(=O)N(c4ccc(Oc5ccccc5)nc4C)C4CCNC(S2)C34)C1. The fourth-order valence-corrected chi connectivity index (χ4v) is 7.58. The number of hydrogen-bond acceptors (Lipinski definition) is 7. The summed E-state index contributed by atoms with van der Waals surface area (Å²) in [5, 5.41) is 12.8. The highest BCUT2D eigenvalue weighted by molar-refractivity contribution is 8.04. The molecule has 1 aromatic heterocycles. The molecule has 11 heteroatoms. The van der Waals surface area contributed by atoms with Crippen molar-refractivity contribution in [3.8, 4) is 11.6 Å². The Labute approximate surface area is 237 Å². The van der Waals surface area contributed by atoms with Gasteiger partial charge in [0.05, 0.1) is 27.7 Å². The van der Waals surface area contributed by atoms with Crippen LogP contribution in [0.3, 0.4) is 0 Å². The van der Waals surface area contributed by atoms with Crippen LogP contribution in [0.5, 0.6) is 11.6 Å². The lowest BCUT2D eigenvalue weighted by atomic mass is 9.86. The Morgan fingerprint density at radius 2 is 1.88 bits per heavy atom. The van der Waals surface area contributed by atoms with Gasteiger partial charge in [-0.1, -0.05) is 36.9 Å². The number of aromatic nitrogens is 1. The number of nitrogens with one attached hydrogen (secondary N) is 4. The molecule has 4 aliphatic rings. The number of thioether (sulfide) groups is 1. The number of hydrogen-bond donors (Lipinski definition) is 4. The van der Waals surface area contributed by atoms with E-state index in [1.165, 1.54) is 11.8 Å². The number of piperidine rings is 1. The van der Waals surface area contributed by atoms with Gasteiger partial charge in [-0.25, -0.2) is 9.78 Å². The van der Waals surface area contributed by atoms with Crippen LogP contribution in [0, 0.1) is 12.8 Å². The molecule has 3 unspecified atom stereocenters. The fourth-order valence-electron chi connectivity index (χ4n) is 6.18. The summed E-state index contributed by atoms with van der Waals surface area (Å²) in [4.78, 5) is 45.8. The Morgan fingerprint density at radius 3 is 2.62 bits per heavy atom. The first-order valence-electron chi connectivity index (χ1n) is 14.0. The summed E-state index contributed by atoms with van der Waals surface area (Å²) in [5.74, 6) is 0.995. The monoisotopic (exact) mass is 562 g/mol. The zero-order valence-corrected chi connectivity index (χ0v) is 23.4. The average Bonchev–Trinajstić information content (AvgIpc) is 3.55. The second-order valence-corrected chi connectivity index (χ2v) is 11.8. The van der Waals surface area contributed by atoms with Crippen LogP contribution in [0.1, 0.15) is 44.7 Å². The Bertz CT molecular complexity index is 1350. The van der Waals surface area contributed by atoms with E-state index in [9.17, 15) is 14.4 Å². The molecular formula is C29H34N6O4S. The molecule has 2 saturated heterocycles. The molecule has 4 N–H and O–H groups in total. The molecule has 1 aromatic carbocycles. The number of carbonyl (C=O) groups is 3. The summed E-state index contributed by atoms with van der Waals surface area (Å²) >= 11 is 1.49. The molecule has 10 nitrogen and oxygen atoms in total. The number of rotatable bonds is 7. The number of para-hydroxylation sites is 1. The summed E-state index contributed by atoms with van der Waals surface area (Å²) in [6.07, 6.45) is 3.59. The van der Waals surface area contributed by atoms with Gasteiger partial charge in [-0.15, -0.1) is 0 Å². The third-order valence-electron chi connectivity index (χ3n) is 8.06. The molecule has 4 heterocycles. The molecule has 40 heavy (non-hydrogen) atoms. The molecule has 2 aromatic rings. The topological polar surface area (TPSA) is 125 Å². The van der Waals surface area contributed by atoms with E-state index in [0.29, 0.717) is 34.3 Å². The number of nitrogens with zero attached hydrogens (tertiary/aromatic N) is 2. The zero-order valence-electron chi connectivity index (χ0n) is 22.6. The molecule has 210 valence electrons. The molecule has 4 amide bonds. The minimum absolute atomic E-state index is 0.00382. The van der Waals surface area contributed by atoms with Crippen LogP contribution in [0.4, 0.5) is 10.5 Å². The first kappa shape index (κ1) is 26.6. The molecule has 3 aliphatic heterocycles. The van der Waals surface area contributed by atoms with Crippen molar-refractivity contribution in [2.24, 2.45) is 5.92 Å². The maximum absolute atomic E-state index is 13.6. The number of aryl methyl sites for hydroxylation is 1. The van der Waals surface area contributed by atoms with E-state index in [2.05, 4.69) is 26.3 Å². The fraction of sp³-hybridized carbons (Fsp3) is 0.448. The van der Waals surface area contributed by atoms with Crippen LogP contribution in [0.15, 0.2) is 53.1 Å². The highest BCUT2D eigenvalue weighted by atomic mass is 32.2. The number of urea groups is 1. The van der Waals surface area contributed by atoms with E-state index in [1.807, 2.05) is 50.2 Å². The molecule has 0 bridgehead atoms. The number of ether oxygens (including phenoxy) is 1. The first-order valence-corrected chi connectivity index (χ1v) is 14.8. The van der Waals surface area contributed by atoms with Gasteiger partial charge in [-0.05, 0) is 57.4 Å². The van der Waals surface area contributed by atoms with Crippen LogP contribution in [0.2, 0.25) is 0 Å². The van der Waals surface area contributed by atoms with Crippen molar-refractivity contribution in [3.05, 3.63) is 58.8 Å². The quantitative estimate of drug-likeness (QED) is 0.407. The van der Waals surface area contributed by atoms with Crippen molar-refractivity contribution in [3.63, 3.8) is 0 Å². The van der Waals surface area contributed by atoms with E-state index in [1.54, 1.807) is 11.0 Å². The minimum Gasteiger partial charge on any atom is -0.439 e. The van der Waals surface area contributed by atoms with E-state index in [4.69, 9.17) is 4.74 Å². The van der Waals surface area contributed by atoms with E-state index in [0.717, 1.165) is 37.9 Å². The third-order valence-corrected chi connectivity index (χ3v) is 9.41. The van der Waals surface area contributed by atoms with Gasteiger partial charge < -0.3 is 26.0 Å². The van der Waals surface area contributed by atoms with Gasteiger partial charge >= 0.3 is 6.03 Å². The lowest BCUT2D eigenvalue weighted by molar-refractivity contribution is -0.121. The highest BCUT2D eigenvalue weighted by Crippen LogP contribution is 2.48. The van der Waals surface area contributed by atoms with Gasteiger partial charge in [0.25, 0.3) is 5.91 Å². The Balaban J connectivity index is 1.19. The molecule has 1 aliphatic carbocycles. The number of carbonyl (C=O) groups excluding carboxylic acids is 3. The Kier molecular flexibility index (Phi) is 7.41. The van der Waals surface area contributed by atoms with Crippen molar-refractivity contribution in [2.45, 2.75) is 69.5 Å². The smallest absolute Gasteiger partial charge is 0.326 e. The lowest BCUT2D eigenvalue weighted by Gasteiger charge is -2.46. The minimum atomic E-state index is -0.255. The van der Waals surface area contributed by atoms with Gasteiger partial charge in [-0.2, -0.15) is 0 Å². The highest BCUT2D eigenvalue weighted by Gasteiger charge is 2.52. The first-order chi connectivity index (χ1) is 19.4. The Hall–Kier alpha value is -3.57. The lowest BCUT2D eigenvalue weighted by Crippen LogP contribution is -2.62. The summed E-state index contributed by atoms with van der Waals surface area (Å²) in [7, 11) is 0. The molecule has 0 radical (unpaired) electrons. The number of anilines is 1. The number of benzene rings is 1. The maximum Gasteiger partial charge on any atom is 0.326 e. The van der Waals surface area contributed by atoms with E-state index >= 15 is 0 Å². The van der Waals surface area contributed by atoms with Crippen molar-refractivity contribution in [2.75, 3.05) is 11.4 Å². The molecule has 5 atom stereocenters. The zero-order chi connectivity index (χ0) is 27.8. The van der Waals surface area contributed by atoms with Crippen molar-refractivity contribution in [1.29, 1.82) is 0 Å². The molecule has 3 fully saturated rings. The molecular weight excluding hydrogens is 528 g/mol. The standard InChI is InChI=1S/C29H34N6O4S/c1-3-22(36)32-17-9-10-18(15-17)33-27(37)26-25-24-21(13-14-30-28(24)40-26)35(29(38)34-25)20-11-12-23(31-16(20)2)39-19-7-5-4-6-8-19/h4-8,11-12,17-18,21,24,28,30H,3,9-10,13-15H2,1-2H3,(H,32,36)(H,33,37)(H,34,38)/t17-,18-,21?,24?,28?/m0/s1. The summed E-state index contributed by atoms with van der Waals surface area (Å²) < 4.78 is 5.89. The summed E-state index contributed by atoms with van der Waals surface area (Å²) in [5.41, 5.74) is 2.13. The molecule has 6 rings (SSSR count). The second-order valence-electron chi connectivity index (χ2n) is 10.7. The number of pyridine rings is 1. The van der Waals surface area contributed by atoms with Gasteiger partial charge in [-0.3, -0.25) is 14.5 Å². The summed E-state index contributed by atoms with van der Waals surface area (Å²) in [6, 6.07) is 12.9.